The Morgan fingerprint density at radius 3 is 2.35 bits per heavy atom. The number of likely N-dealkylation sites (N-methyl/N-ethyl adjacent to an activating group) is 2. The van der Waals surface area contributed by atoms with Gasteiger partial charge in [0.15, 0.2) is 11.5 Å². The molecule has 0 spiro atoms. The molecule has 2 heterocycles. The molecule has 1 amide bonds. The van der Waals surface area contributed by atoms with Crippen LogP contribution in [0.25, 0.3) is 22.2 Å². The number of nitrogens with zero attached hydrogens (tertiary/aromatic N) is 2. The van der Waals surface area contributed by atoms with E-state index in [0.29, 0.717) is 16.7 Å². The van der Waals surface area contributed by atoms with Crippen LogP contribution in [0, 0.1) is 0 Å². The van der Waals surface area contributed by atoms with Crippen molar-refractivity contribution >= 4 is 26.9 Å². The molecule has 10 heteroatoms. The van der Waals surface area contributed by atoms with Crippen LogP contribution in [-0.4, -0.2) is 75.2 Å². The van der Waals surface area contributed by atoms with Crippen molar-refractivity contribution in [2.24, 2.45) is 0 Å². The zero-order valence-electron chi connectivity index (χ0n) is 22.2. The fourth-order valence-corrected chi connectivity index (χ4v) is 5.33. The number of ether oxygens (including phenoxy) is 1. The minimum absolute atomic E-state index is 0.0462. The minimum Gasteiger partial charge on any atom is -0.493 e. The first-order chi connectivity index (χ1) is 17.7. The van der Waals surface area contributed by atoms with Crippen LogP contribution in [0.3, 0.4) is 0 Å². The summed E-state index contributed by atoms with van der Waals surface area (Å²) in [4.78, 5) is 21.1. The maximum Gasteiger partial charge on any atom is 0.306 e. The normalized spacial score (nSPS) is 13.4. The molecule has 1 aromatic heterocycles. The number of hydrogen-bond donors (Lipinski definition) is 2. The highest BCUT2D eigenvalue weighted by molar-refractivity contribution is 7.86. The number of carbonyl (C=O) groups excluding carboxylic acids is 1. The predicted molar refractivity (Wildman–Crippen MR) is 146 cm³/mol. The first kappa shape index (κ1) is 27.0. The minimum atomic E-state index is -3.81. The lowest BCUT2D eigenvalue weighted by Crippen LogP contribution is -2.34. The van der Waals surface area contributed by atoms with Crippen molar-refractivity contribution in [1.82, 2.24) is 20.1 Å². The molecule has 37 heavy (non-hydrogen) atoms. The number of hydrogen-bond acceptors (Lipinski definition) is 7. The lowest BCUT2D eigenvalue weighted by atomic mass is 9.98. The van der Waals surface area contributed by atoms with Crippen molar-refractivity contribution in [3.8, 4) is 22.8 Å². The van der Waals surface area contributed by atoms with E-state index in [-0.39, 0.29) is 24.0 Å². The van der Waals surface area contributed by atoms with E-state index < -0.39 is 10.1 Å². The number of aromatic nitrogens is 1. The third-order valence-electron chi connectivity index (χ3n) is 6.91. The quantitative estimate of drug-likeness (QED) is 0.346. The maximum atomic E-state index is 12.8. The van der Waals surface area contributed by atoms with Crippen LogP contribution in [0.2, 0.25) is 0 Å². The van der Waals surface area contributed by atoms with Gasteiger partial charge in [-0.05, 0) is 49.5 Å². The largest absolute Gasteiger partial charge is 0.493 e. The van der Waals surface area contributed by atoms with E-state index >= 15 is 0 Å². The van der Waals surface area contributed by atoms with Gasteiger partial charge in [-0.1, -0.05) is 26.8 Å². The average Bonchev–Trinajstić information content (AvgIpc) is 3.47. The van der Waals surface area contributed by atoms with Gasteiger partial charge in [-0.15, -0.1) is 0 Å². The maximum absolute atomic E-state index is 12.8. The standard InChI is InChI=1S/C27H36N4O5S/c1-6-30(7-2)11-12-31(8-3)17-18-9-10-22-19(13-18)14-23(29-22)20-15-24(35-4)26(36-37(5,33)34)21-16-28-27(32)25(20)21/h9-10,13-15,29H,6-8,11-12,16-17H2,1-5H3,(H,28,32). The van der Waals surface area contributed by atoms with Gasteiger partial charge in [0.05, 0.1) is 18.9 Å². The van der Waals surface area contributed by atoms with Gasteiger partial charge < -0.3 is 24.1 Å². The Kier molecular flexibility index (Phi) is 8.11. The second kappa shape index (κ2) is 11.1. The number of methoxy groups -OCH3 is 1. The number of carbonyl (C=O) groups is 1. The van der Waals surface area contributed by atoms with E-state index in [2.05, 4.69) is 59.1 Å². The van der Waals surface area contributed by atoms with Crippen molar-refractivity contribution < 1.29 is 22.1 Å². The Balaban J connectivity index is 1.67. The van der Waals surface area contributed by atoms with Gasteiger partial charge in [0.1, 0.15) is 0 Å². The van der Waals surface area contributed by atoms with E-state index in [0.717, 1.165) is 62.1 Å². The predicted octanol–water partition coefficient (Wildman–Crippen LogP) is 3.59. The Morgan fingerprint density at radius 1 is 1.00 bits per heavy atom. The van der Waals surface area contributed by atoms with Gasteiger partial charge in [0, 0.05) is 53.9 Å². The molecule has 3 aromatic rings. The Hall–Kier alpha value is -3.08. The second-order valence-electron chi connectivity index (χ2n) is 9.28. The molecule has 1 aliphatic rings. The molecular weight excluding hydrogens is 492 g/mol. The number of fused-ring (bicyclic) bond motifs is 2. The number of aromatic amines is 1. The first-order valence-corrected chi connectivity index (χ1v) is 14.5. The summed E-state index contributed by atoms with van der Waals surface area (Å²) in [6.07, 6.45) is 0.968. The summed E-state index contributed by atoms with van der Waals surface area (Å²) in [5.74, 6) is 0.0174. The highest BCUT2D eigenvalue weighted by atomic mass is 32.2. The van der Waals surface area contributed by atoms with E-state index in [4.69, 9.17) is 8.92 Å². The van der Waals surface area contributed by atoms with E-state index in [1.54, 1.807) is 6.07 Å². The molecule has 0 radical (unpaired) electrons. The van der Waals surface area contributed by atoms with Gasteiger partial charge in [-0.3, -0.25) is 9.69 Å². The molecule has 0 unspecified atom stereocenters. The number of nitrogens with one attached hydrogen (secondary N) is 2. The molecule has 2 aromatic carbocycles. The highest BCUT2D eigenvalue weighted by Gasteiger charge is 2.32. The Bertz CT molecular complexity index is 1400. The number of benzene rings is 2. The SMILES string of the molecule is CCN(CC)CCN(CC)Cc1ccc2[nH]c(-c3cc(OC)c(OS(C)(=O)=O)c4c3C(=O)NC4)cc2c1. The molecule has 0 atom stereocenters. The molecule has 4 rings (SSSR count). The van der Waals surface area contributed by atoms with Crippen molar-refractivity contribution in [1.29, 1.82) is 0 Å². The Labute approximate surface area is 218 Å². The second-order valence-corrected chi connectivity index (χ2v) is 10.9. The molecule has 2 N–H and O–H groups in total. The lowest BCUT2D eigenvalue weighted by molar-refractivity contribution is 0.0966. The van der Waals surface area contributed by atoms with Crippen LogP contribution in [0.5, 0.6) is 11.5 Å². The van der Waals surface area contributed by atoms with Crippen molar-refractivity contribution in [3.63, 3.8) is 0 Å². The molecule has 9 nitrogen and oxygen atoms in total. The van der Waals surface area contributed by atoms with E-state index in [1.165, 1.54) is 12.7 Å². The number of rotatable bonds is 12. The van der Waals surface area contributed by atoms with E-state index in [1.807, 2.05) is 6.07 Å². The van der Waals surface area contributed by atoms with Crippen molar-refractivity contribution in [2.45, 2.75) is 33.9 Å². The summed E-state index contributed by atoms with van der Waals surface area (Å²) in [5, 5.41) is 3.82. The molecule has 0 bridgehead atoms. The summed E-state index contributed by atoms with van der Waals surface area (Å²) < 4.78 is 34.4. The first-order valence-electron chi connectivity index (χ1n) is 12.7. The molecule has 0 aliphatic carbocycles. The molecular formula is C27H36N4O5S. The number of amides is 1. The van der Waals surface area contributed by atoms with Gasteiger partial charge in [0.2, 0.25) is 0 Å². The third kappa shape index (κ3) is 5.92. The van der Waals surface area contributed by atoms with Crippen LogP contribution in [0.4, 0.5) is 0 Å². The highest BCUT2D eigenvalue weighted by Crippen LogP contribution is 2.43. The van der Waals surface area contributed by atoms with Crippen molar-refractivity contribution in [3.05, 3.63) is 47.0 Å². The summed E-state index contributed by atoms with van der Waals surface area (Å²) in [7, 11) is -2.36. The third-order valence-corrected chi connectivity index (χ3v) is 7.38. The zero-order chi connectivity index (χ0) is 26.7. The number of H-pyrrole nitrogens is 1. The summed E-state index contributed by atoms with van der Waals surface area (Å²) in [5.41, 5.74) is 4.41. The molecule has 0 saturated carbocycles. The Morgan fingerprint density at radius 2 is 1.70 bits per heavy atom. The zero-order valence-corrected chi connectivity index (χ0v) is 23.0. The summed E-state index contributed by atoms with van der Waals surface area (Å²) >= 11 is 0. The average molecular weight is 529 g/mol. The molecule has 200 valence electrons. The fourth-order valence-electron chi connectivity index (χ4n) is 4.84. The van der Waals surface area contributed by atoms with Crippen LogP contribution in [0.1, 0.15) is 42.3 Å². The van der Waals surface area contributed by atoms with Crippen LogP contribution in [0.15, 0.2) is 30.3 Å². The van der Waals surface area contributed by atoms with E-state index in [9.17, 15) is 13.2 Å². The smallest absolute Gasteiger partial charge is 0.306 e. The summed E-state index contributed by atoms with van der Waals surface area (Å²) in [6, 6.07) is 10.0. The monoisotopic (exact) mass is 528 g/mol. The molecule has 0 saturated heterocycles. The summed E-state index contributed by atoms with van der Waals surface area (Å²) in [6.45, 7) is 12.7. The van der Waals surface area contributed by atoms with Gasteiger partial charge in [-0.25, -0.2) is 0 Å². The van der Waals surface area contributed by atoms with Crippen LogP contribution in [-0.2, 0) is 23.2 Å². The molecule has 1 aliphatic heterocycles. The van der Waals surface area contributed by atoms with Gasteiger partial charge in [-0.2, -0.15) is 8.42 Å². The fraction of sp³-hybridized carbons (Fsp3) is 0.444. The van der Waals surface area contributed by atoms with Crippen LogP contribution < -0.4 is 14.2 Å². The van der Waals surface area contributed by atoms with Crippen LogP contribution >= 0.6 is 0 Å². The lowest BCUT2D eigenvalue weighted by Gasteiger charge is -2.25. The van der Waals surface area contributed by atoms with Gasteiger partial charge >= 0.3 is 10.1 Å². The van der Waals surface area contributed by atoms with Crippen molar-refractivity contribution in [2.75, 3.05) is 46.1 Å². The topological polar surface area (TPSA) is 104 Å². The van der Waals surface area contributed by atoms with Gasteiger partial charge in [0.25, 0.3) is 5.91 Å². The molecule has 0 fully saturated rings.